The van der Waals surface area contributed by atoms with E-state index < -0.39 is 0 Å². The molecule has 1 aromatic heterocycles. The number of nitrogens with one attached hydrogen (secondary N) is 2. The summed E-state index contributed by atoms with van der Waals surface area (Å²) in [6, 6.07) is 9.65. The summed E-state index contributed by atoms with van der Waals surface area (Å²) in [6.45, 7) is 4.47. The molecule has 6 nitrogen and oxygen atoms in total. The first-order valence-corrected chi connectivity index (χ1v) is 7.68. The van der Waals surface area contributed by atoms with Crippen molar-refractivity contribution in [2.75, 3.05) is 13.2 Å². The second-order valence-corrected chi connectivity index (χ2v) is 5.60. The average Bonchev–Trinajstić information content (AvgIpc) is 2.88. The molecule has 6 heteroatoms. The minimum absolute atomic E-state index is 0.0118. The first-order chi connectivity index (χ1) is 11.1. The van der Waals surface area contributed by atoms with Crippen LogP contribution in [0, 0.1) is 19.8 Å². The Kier molecular flexibility index (Phi) is 6.17. The highest BCUT2D eigenvalue weighted by Gasteiger charge is 2.12. The lowest BCUT2D eigenvalue weighted by Crippen LogP contribution is -2.39. The van der Waals surface area contributed by atoms with E-state index in [0.717, 1.165) is 23.2 Å². The van der Waals surface area contributed by atoms with Crippen LogP contribution < -0.4 is 10.6 Å². The molecule has 0 aliphatic carbocycles. The highest BCUT2D eigenvalue weighted by atomic mass is 16.5. The van der Waals surface area contributed by atoms with E-state index in [1.165, 1.54) is 0 Å². The Morgan fingerprint density at radius 3 is 2.61 bits per heavy atom. The van der Waals surface area contributed by atoms with Gasteiger partial charge >= 0.3 is 6.03 Å². The Bertz CT molecular complexity index is 606. The Labute approximate surface area is 135 Å². The molecule has 1 atom stereocenters. The van der Waals surface area contributed by atoms with Crippen LogP contribution in [0.3, 0.4) is 0 Å². The molecule has 0 saturated heterocycles. The van der Waals surface area contributed by atoms with Crippen molar-refractivity contribution in [2.24, 2.45) is 5.92 Å². The number of amides is 2. The number of nitrogens with zero attached hydrogens (tertiary/aromatic N) is 1. The van der Waals surface area contributed by atoms with Crippen LogP contribution in [0.25, 0.3) is 0 Å². The van der Waals surface area contributed by atoms with Gasteiger partial charge in [-0.1, -0.05) is 35.5 Å². The van der Waals surface area contributed by atoms with Gasteiger partial charge in [-0.15, -0.1) is 0 Å². The van der Waals surface area contributed by atoms with E-state index in [1.807, 2.05) is 44.2 Å². The zero-order chi connectivity index (χ0) is 16.7. The average molecular weight is 317 g/mol. The summed E-state index contributed by atoms with van der Waals surface area (Å²) < 4.78 is 5.05. The number of aliphatic hydroxyl groups is 1. The van der Waals surface area contributed by atoms with Gasteiger partial charge in [-0.3, -0.25) is 0 Å². The maximum atomic E-state index is 11.9. The molecule has 0 fully saturated rings. The summed E-state index contributed by atoms with van der Waals surface area (Å²) in [6.07, 6.45) is 0.724. The number of carbonyl (C=O) groups is 1. The van der Waals surface area contributed by atoms with E-state index in [9.17, 15) is 9.90 Å². The van der Waals surface area contributed by atoms with Crippen LogP contribution in [-0.4, -0.2) is 29.4 Å². The number of aryl methyl sites for hydroxylation is 2. The van der Waals surface area contributed by atoms with Crippen molar-refractivity contribution in [3.63, 3.8) is 0 Å². The first kappa shape index (κ1) is 17.0. The summed E-state index contributed by atoms with van der Waals surface area (Å²) in [5, 5.41) is 18.9. The van der Waals surface area contributed by atoms with Gasteiger partial charge in [-0.2, -0.15) is 0 Å². The van der Waals surface area contributed by atoms with Gasteiger partial charge in [0.2, 0.25) is 0 Å². The maximum Gasteiger partial charge on any atom is 0.315 e. The molecule has 0 bridgehead atoms. The van der Waals surface area contributed by atoms with Crippen LogP contribution in [0.2, 0.25) is 0 Å². The molecule has 0 aliphatic heterocycles. The molecule has 23 heavy (non-hydrogen) atoms. The van der Waals surface area contributed by atoms with Crippen molar-refractivity contribution < 1.29 is 14.4 Å². The number of carbonyl (C=O) groups excluding carboxylic acids is 1. The van der Waals surface area contributed by atoms with Gasteiger partial charge in [0.05, 0.1) is 5.69 Å². The molecule has 0 aliphatic rings. The van der Waals surface area contributed by atoms with E-state index in [-0.39, 0.29) is 18.6 Å². The highest BCUT2D eigenvalue weighted by Crippen LogP contribution is 2.11. The Morgan fingerprint density at radius 2 is 2.00 bits per heavy atom. The van der Waals surface area contributed by atoms with Gasteiger partial charge in [-0.25, -0.2) is 4.79 Å². The lowest BCUT2D eigenvalue weighted by atomic mass is 10.0. The first-order valence-electron chi connectivity index (χ1n) is 7.68. The van der Waals surface area contributed by atoms with E-state index >= 15 is 0 Å². The van der Waals surface area contributed by atoms with Gasteiger partial charge in [0.25, 0.3) is 0 Å². The van der Waals surface area contributed by atoms with Gasteiger partial charge < -0.3 is 20.3 Å². The third-order valence-electron chi connectivity index (χ3n) is 3.78. The molecule has 0 saturated carbocycles. The van der Waals surface area contributed by atoms with Gasteiger partial charge in [0.1, 0.15) is 5.76 Å². The Balaban J connectivity index is 1.76. The fourth-order valence-corrected chi connectivity index (χ4v) is 2.37. The van der Waals surface area contributed by atoms with Crippen molar-refractivity contribution in [1.29, 1.82) is 0 Å². The summed E-state index contributed by atoms with van der Waals surface area (Å²) in [5.41, 5.74) is 2.81. The second kappa shape index (κ2) is 8.33. The Morgan fingerprint density at radius 1 is 1.26 bits per heavy atom. The lowest BCUT2D eigenvalue weighted by molar-refractivity contribution is 0.214. The summed E-state index contributed by atoms with van der Waals surface area (Å²) in [5.74, 6) is 0.697. The molecular weight excluding hydrogens is 294 g/mol. The smallest absolute Gasteiger partial charge is 0.315 e. The summed E-state index contributed by atoms with van der Waals surface area (Å²) >= 11 is 0. The molecule has 1 aromatic carbocycles. The number of aliphatic hydroxyl groups excluding tert-OH is 1. The number of benzene rings is 1. The van der Waals surface area contributed by atoms with Crippen molar-refractivity contribution in [2.45, 2.75) is 26.8 Å². The fourth-order valence-electron chi connectivity index (χ4n) is 2.37. The lowest BCUT2D eigenvalue weighted by Gasteiger charge is -2.15. The summed E-state index contributed by atoms with van der Waals surface area (Å²) in [7, 11) is 0. The quantitative estimate of drug-likeness (QED) is 0.728. The maximum absolute atomic E-state index is 11.9. The third-order valence-corrected chi connectivity index (χ3v) is 3.78. The van der Waals surface area contributed by atoms with E-state index in [2.05, 4.69) is 15.8 Å². The zero-order valence-corrected chi connectivity index (χ0v) is 13.5. The van der Waals surface area contributed by atoms with Crippen LogP contribution in [0.5, 0.6) is 0 Å². The molecule has 2 aromatic rings. The number of rotatable bonds is 7. The number of hydrogen-bond donors (Lipinski definition) is 3. The highest BCUT2D eigenvalue weighted by molar-refractivity contribution is 5.73. The molecule has 3 N–H and O–H groups in total. The van der Waals surface area contributed by atoms with Gasteiger partial charge in [-0.05, 0) is 25.8 Å². The van der Waals surface area contributed by atoms with Crippen molar-refractivity contribution in [1.82, 2.24) is 15.8 Å². The standard InChI is InChI=1S/C17H23N3O3/c1-12-16(13(2)23-20-12)10-19-17(22)18-9-15(11-21)8-14-6-4-3-5-7-14/h3-7,15,21H,8-11H2,1-2H3,(H2,18,19,22). The molecule has 1 unspecified atom stereocenters. The zero-order valence-electron chi connectivity index (χ0n) is 13.5. The van der Waals surface area contributed by atoms with E-state index in [4.69, 9.17) is 4.52 Å². The number of aromatic nitrogens is 1. The van der Waals surface area contributed by atoms with Crippen LogP contribution in [0.1, 0.15) is 22.6 Å². The topological polar surface area (TPSA) is 87.4 Å². The van der Waals surface area contributed by atoms with Crippen LogP contribution in [-0.2, 0) is 13.0 Å². The van der Waals surface area contributed by atoms with E-state index in [0.29, 0.717) is 18.8 Å². The predicted octanol–water partition coefficient (Wildman–Crippen LogP) is 1.94. The monoisotopic (exact) mass is 317 g/mol. The minimum Gasteiger partial charge on any atom is -0.396 e. The number of hydrogen-bond acceptors (Lipinski definition) is 4. The summed E-state index contributed by atoms with van der Waals surface area (Å²) in [4.78, 5) is 11.9. The molecule has 2 rings (SSSR count). The second-order valence-electron chi connectivity index (χ2n) is 5.60. The van der Waals surface area contributed by atoms with E-state index in [1.54, 1.807) is 0 Å². The fraction of sp³-hybridized carbons (Fsp3) is 0.412. The molecule has 2 amide bonds. The van der Waals surface area contributed by atoms with Crippen LogP contribution >= 0.6 is 0 Å². The Hall–Kier alpha value is -2.34. The largest absolute Gasteiger partial charge is 0.396 e. The third kappa shape index (κ3) is 5.10. The SMILES string of the molecule is Cc1noc(C)c1CNC(=O)NCC(CO)Cc1ccccc1. The van der Waals surface area contributed by atoms with Crippen molar-refractivity contribution in [3.05, 3.63) is 52.9 Å². The minimum atomic E-state index is -0.267. The molecule has 0 radical (unpaired) electrons. The van der Waals surface area contributed by atoms with Gasteiger partial charge in [0, 0.05) is 31.2 Å². The van der Waals surface area contributed by atoms with Gasteiger partial charge in [0.15, 0.2) is 0 Å². The molecule has 0 spiro atoms. The molecular formula is C17H23N3O3. The number of urea groups is 1. The molecule has 124 valence electrons. The molecule has 1 heterocycles. The van der Waals surface area contributed by atoms with Crippen LogP contribution in [0.4, 0.5) is 4.79 Å². The predicted molar refractivity (Wildman–Crippen MR) is 86.9 cm³/mol. The normalized spacial score (nSPS) is 12.0. The van der Waals surface area contributed by atoms with Crippen LogP contribution in [0.15, 0.2) is 34.9 Å². The van der Waals surface area contributed by atoms with Crippen molar-refractivity contribution in [3.8, 4) is 0 Å². The van der Waals surface area contributed by atoms with Crippen molar-refractivity contribution >= 4 is 6.03 Å².